The Morgan fingerprint density at radius 3 is 2.24 bits per heavy atom. The second-order valence-corrected chi connectivity index (χ2v) is 16.6. The third-order valence-electron chi connectivity index (χ3n) is 10.1. The number of nitrogens with one attached hydrogen (secondary N) is 1. The van der Waals surface area contributed by atoms with E-state index in [2.05, 4.69) is 25.1 Å². The Morgan fingerprint density at radius 1 is 0.891 bits per heavy atom. The van der Waals surface area contributed by atoms with Crippen molar-refractivity contribution in [3.63, 3.8) is 0 Å². The SMILES string of the molecule is CC(C)(C)OC(=O)N1CCN(CC2(O)CCN(c3ccc(Nc4ccc(-c5cnc6cc(F)ccn56)c5c4C(=O)N(C(=O)OC(C)(C)C)C5)nc3)CC2)CC1. The van der Waals surface area contributed by atoms with Crippen LogP contribution in [-0.2, 0) is 16.0 Å². The third-order valence-corrected chi connectivity index (χ3v) is 10.1. The molecular formula is C40H49FN8O6. The van der Waals surface area contributed by atoms with E-state index in [1.165, 1.54) is 12.1 Å². The molecule has 2 saturated heterocycles. The standard InChI is InChI=1S/C40H49FN8O6/c1-38(2,3)54-36(51)47-19-17-45(18-20-47)25-40(53)12-15-46(16-13-40)27-7-10-32(42-22-27)44-30-9-8-28(31-23-43-33-21-26(41)11-14-48(31)33)29-24-49(35(50)34(29)30)37(52)55-39(4,5)6/h7-11,14,21-23,53H,12-13,15-20,24-25H2,1-6H3,(H,42,44). The van der Waals surface area contributed by atoms with Crippen LogP contribution in [0, 0.1) is 5.82 Å². The van der Waals surface area contributed by atoms with Gasteiger partial charge in [-0.25, -0.2) is 28.8 Å². The zero-order valence-corrected chi connectivity index (χ0v) is 32.3. The Hall–Kier alpha value is -5.28. The molecule has 0 atom stereocenters. The molecule has 0 unspecified atom stereocenters. The number of pyridine rings is 2. The van der Waals surface area contributed by atoms with Crippen molar-refractivity contribution in [3.05, 3.63) is 71.9 Å². The van der Waals surface area contributed by atoms with Crippen molar-refractivity contribution in [2.45, 2.75) is 77.7 Å². The molecule has 55 heavy (non-hydrogen) atoms. The number of amides is 3. The summed E-state index contributed by atoms with van der Waals surface area (Å²) < 4.78 is 26.8. The molecule has 0 aliphatic carbocycles. The number of fused-ring (bicyclic) bond motifs is 2. The summed E-state index contributed by atoms with van der Waals surface area (Å²) in [6.45, 7) is 15.2. The second kappa shape index (κ2) is 14.4. The number of anilines is 3. The number of imidazole rings is 1. The maximum Gasteiger partial charge on any atom is 0.417 e. The third kappa shape index (κ3) is 8.37. The molecule has 4 aromatic rings. The van der Waals surface area contributed by atoms with Crippen LogP contribution < -0.4 is 10.2 Å². The van der Waals surface area contributed by atoms with Crippen LogP contribution in [0.25, 0.3) is 16.9 Å². The fourth-order valence-corrected chi connectivity index (χ4v) is 7.34. The van der Waals surface area contributed by atoms with Gasteiger partial charge in [0.25, 0.3) is 5.91 Å². The molecule has 7 rings (SSSR count). The number of β-amino-alcohol motifs (C(OH)–C–C–N with tert-alkyl or cyclic N) is 1. The van der Waals surface area contributed by atoms with Gasteiger partial charge in [-0.1, -0.05) is 6.07 Å². The van der Waals surface area contributed by atoms with E-state index in [9.17, 15) is 23.9 Å². The summed E-state index contributed by atoms with van der Waals surface area (Å²) in [6, 6.07) is 10.1. The molecule has 3 aromatic heterocycles. The fourth-order valence-electron chi connectivity index (χ4n) is 7.34. The van der Waals surface area contributed by atoms with Crippen molar-refractivity contribution >= 4 is 40.9 Å². The van der Waals surface area contributed by atoms with E-state index in [1.807, 2.05) is 39.0 Å². The van der Waals surface area contributed by atoms with Gasteiger partial charge in [0.15, 0.2) is 0 Å². The molecule has 0 bridgehead atoms. The zero-order valence-electron chi connectivity index (χ0n) is 32.3. The Balaban J connectivity index is 1.02. The summed E-state index contributed by atoms with van der Waals surface area (Å²) in [5.41, 5.74) is 1.88. The molecule has 2 fully saturated rings. The molecule has 15 heteroatoms. The van der Waals surface area contributed by atoms with E-state index in [0.717, 1.165) is 10.6 Å². The number of nitrogens with zero attached hydrogens (tertiary/aromatic N) is 7. The van der Waals surface area contributed by atoms with Crippen molar-refractivity contribution in [2.24, 2.45) is 0 Å². The topological polar surface area (TPSA) is 145 Å². The summed E-state index contributed by atoms with van der Waals surface area (Å²) in [5.74, 6) is -0.410. The van der Waals surface area contributed by atoms with Crippen molar-refractivity contribution < 1.29 is 33.4 Å². The van der Waals surface area contributed by atoms with Crippen LogP contribution in [0.1, 0.15) is 70.3 Å². The summed E-state index contributed by atoms with van der Waals surface area (Å²) in [6.07, 6.45) is 5.11. The largest absolute Gasteiger partial charge is 0.444 e. The Bertz CT molecular complexity index is 2090. The predicted octanol–water partition coefficient (Wildman–Crippen LogP) is 6.05. The van der Waals surface area contributed by atoms with Gasteiger partial charge in [-0.15, -0.1) is 0 Å². The monoisotopic (exact) mass is 756 g/mol. The summed E-state index contributed by atoms with van der Waals surface area (Å²) in [7, 11) is 0. The Kier molecular flexibility index (Phi) is 9.96. The predicted molar refractivity (Wildman–Crippen MR) is 205 cm³/mol. The van der Waals surface area contributed by atoms with Crippen molar-refractivity contribution in [2.75, 3.05) is 56.0 Å². The zero-order chi connectivity index (χ0) is 39.3. The lowest BCUT2D eigenvalue weighted by atomic mass is 9.90. The number of piperazine rings is 1. The first-order valence-corrected chi connectivity index (χ1v) is 18.7. The molecule has 0 saturated carbocycles. The average molecular weight is 757 g/mol. The lowest BCUT2D eigenvalue weighted by molar-refractivity contribution is -0.0303. The Labute approximate surface area is 319 Å². The minimum absolute atomic E-state index is 0.0156. The molecule has 1 aromatic carbocycles. The second-order valence-electron chi connectivity index (χ2n) is 16.6. The first-order valence-electron chi connectivity index (χ1n) is 18.7. The number of hydrogen-bond acceptors (Lipinski definition) is 11. The van der Waals surface area contributed by atoms with E-state index in [0.29, 0.717) is 98.2 Å². The molecule has 3 amide bonds. The average Bonchev–Trinajstić information content (AvgIpc) is 3.69. The van der Waals surface area contributed by atoms with E-state index < -0.39 is 34.6 Å². The van der Waals surface area contributed by atoms with Gasteiger partial charge in [0.05, 0.1) is 47.2 Å². The van der Waals surface area contributed by atoms with Crippen LogP contribution in [0.2, 0.25) is 0 Å². The number of imide groups is 1. The van der Waals surface area contributed by atoms with Gasteiger partial charge in [-0.2, -0.15) is 0 Å². The van der Waals surface area contributed by atoms with E-state index in [1.54, 1.807) is 54.7 Å². The number of rotatable bonds is 6. The fraction of sp³-hybridized carbons (Fsp3) is 0.475. The minimum atomic E-state index is -0.828. The van der Waals surface area contributed by atoms with Crippen LogP contribution in [-0.4, -0.2) is 115 Å². The lowest BCUT2D eigenvalue weighted by Gasteiger charge is -2.43. The quantitative estimate of drug-likeness (QED) is 0.237. The highest BCUT2D eigenvalue weighted by Gasteiger charge is 2.39. The molecule has 3 aliphatic rings. The normalized spacial score (nSPS) is 17.7. The summed E-state index contributed by atoms with van der Waals surface area (Å²) >= 11 is 0. The molecule has 3 aliphatic heterocycles. The number of aliphatic hydroxyl groups is 1. The molecule has 14 nitrogen and oxygen atoms in total. The van der Waals surface area contributed by atoms with E-state index in [4.69, 9.17) is 9.47 Å². The van der Waals surface area contributed by atoms with Gasteiger partial charge in [0.2, 0.25) is 0 Å². The number of carbonyl (C=O) groups is 3. The van der Waals surface area contributed by atoms with Crippen LogP contribution in [0.5, 0.6) is 0 Å². The van der Waals surface area contributed by atoms with E-state index >= 15 is 0 Å². The highest BCUT2D eigenvalue weighted by atomic mass is 19.1. The van der Waals surface area contributed by atoms with Gasteiger partial charge < -0.3 is 29.7 Å². The molecule has 6 heterocycles. The van der Waals surface area contributed by atoms with Crippen molar-refractivity contribution in [3.8, 4) is 11.3 Å². The number of ether oxygens (including phenoxy) is 2. The summed E-state index contributed by atoms with van der Waals surface area (Å²) in [4.78, 5) is 55.9. The van der Waals surface area contributed by atoms with Crippen LogP contribution in [0.4, 0.5) is 31.2 Å². The summed E-state index contributed by atoms with van der Waals surface area (Å²) in [5, 5.41) is 14.8. The van der Waals surface area contributed by atoms with Gasteiger partial charge in [-0.3, -0.25) is 14.1 Å². The number of piperidine rings is 1. The molecular weight excluding hydrogens is 707 g/mol. The number of carbonyl (C=O) groups excluding carboxylic acids is 3. The highest BCUT2D eigenvalue weighted by molar-refractivity contribution is 6.11. The molecule has 0 radical (unpaired) electrons. The molecule has 0 spiro atoms. The maximum atomic E-state index is 14.0. The Morgan fingerprint density at radius 2 is 1.58 bits per heavy atom. The van der Waals surface area contributed by atoms with Crippen molar-refractivity contribution in [1.82, 2.24) is 29.1 Å². The van der Waals surface area contributed by atoms with Crippen LogP contribution in [0.3, 0.4) is 0 Å². The maximum absolute atomic E-state index is 14.0. The van der Waals surface area contributed by atoms with Gasteiger partial charge >= 0.3 is 12.2 Å². The van der Waals surface area contributed by atoms with Crippen LogP contribution >= 0.6 is 0 Å². The number of benzene rings is 1. The van der Waals surface area contributed by atoms with Crippen molar-refractivity contribution in [1.29, 1.82) is 0 Å². The number of hydrogen-bond donors (Lipinski definition) is 2. The van der Waals surface area contributed by atoms with Gasteiger partial charge in [0.1, 0.15) is 28.5 Å². The van der Waals surface area contributed by atoms with Crippen LogP contribution in [0.15, 0.2) is 55.0 Å². The highest BCUT2D eigenvalue weighted by Crippen LogP contribution is 2.39. The lowest BCUT2D eigenvalue weighted by Crippen LogP contribution is -2.56. The number of aromatic nitrogens is 3. The molecule has 292 valence electrons. The molecule has 2 N–H and O–H groups in total. The van der Waals surface area contributed by atoms with E-state index in [-0.39, 0.29) is 12.6 Å². The van der Waals surface area contributed by atoms with Gasteiger partial charge in [0, 0.05) is 63.6 Å². The first kappa shape index (κ1) is 38.0. The smallest absolute Gasteiger partial charge is 0.417 e. The number of halogens is 1. The first-order chi connectivity index (χ1) is 26.0. The van der Waals surface area contributed by atoms with Gasteiger partial charge in [-0.05, 0) is 84.2 Å². The minimum Gasteiger partial charge on any atom is -0.444 e.